The lowest BCUT2D eigenvalue weighted by molar-refractivity contribution is -0.713. The summed E-state index contributed by atoms with van der Waals surface area (Å²) in [7, 11) is 0. The van der Waals surface area contributed by atoms with Gasteiger partial charge in [-0.15, -0.1) is 11.3 Å². The number of hydrogen-bond acceptors (Lipinski definition) is 2. The molecule has 26 heavy (non-hydrogen) atoms. The van der Waals surface area contributed by atoms with Crippen molar-refractivity contribution in [3.63, 3.8) is 0 Å². The van der Waals surface area contributed by atoms with Gasteiger partial charge in [-0.3, -0.25) is 4.79 Å². The predicted molar refractivity (Wildman–Crippen MR) is 105 cm³/mol. The number of quaternary nitrogens is 1. The predicted octanol–water partition coefficient (Wildman–Crippen LogP) is 3.42. The summed E-state index contributed by atoms with van der Waals surface area (Å²) >= 11 is 1.74. The van der Waals surface area contributed by atoms with Gasteiger partial charge in [-0.2, -0.15) is 0 Å². The van der Waals surface area contributed by atoms with Crippen LogP contribution in [0.2, 0.25) is 0 Å². The average molecular weight is 364 g/mol. The minimum Gasteiger partial charge on any atom is -0.348 e. The van der Waals surface area contributed by atoms with Crippen LogP contribution in [0.5, 0.6) is 0 Å². The quantitative estimate of drug-likeness (QED) is 0.664. The van der Waals surface area contributed by atoms with Crippen LogP contribution in [-0.2, 0) is 4.79 Å². The van der Waals surface area contributed by atoms with E-state index in [0.29, 0.717) is 6.04 Å². The van der Waals surface area contributed by atoms with Gasteiger partial charge in [-0.1, -0.05) is 66.7 Å². The maximum Gasteiger partial charge on any atom is 0.283 e. The van der Waals surface area contributed by atoms with E-state index in [1.807, 2.05) is 36.4 Å². The lowest BCUT2D eigenvalue weighted by Gasteiger charge is -2.22. The van der Waals surface area contributed by atoms with Crippen molar-refractivity contribution in [2.24, 2.45) is 0 Å². The first kappa shape index (κ1) is 17.0. The summed E-state index contributed by atoms with van der Waals surface area (Å²) in [4.78, 5) is 14.3. The Morgan fingerprint density at radius 1 is 0.923 bits per heavy atom. The highest BCUT2D eigenvalue weighted by Gasteiger charge is 2.33. The third kappa shape index (κ3) is 4.03. The van der Waals surface area contributed by atoms with E-state index in [9.17, 15) is 4.79 Å². The Labute approximate surface area is 158 Å². The molecular formula is C22H23N2OS+. The molecule has 4 rings (SSSR count). The maximum atomic E-state index is 13.0. The number of nitrogens with two attached hydrogens (primary N) is 1. The Balaban J connectivity index is 1.66. The average Bonchev–Trinajstić information content (AvgIpc) is 3.33. The number of benzene rings is 2. The second-order valence-corrected chi connectivity index (χ2v) is 7.75. The normalized spacial score (nSPS) is 16.0. The van der Waals surface area contributed by atoms with E-state index in [-0.39, 0.29) is 18.0 Å². The summed E-state index contributed by atoms with van der Waals surface area (Å²) < 4.78 is 0. The molecule has 0 bridgehead atoms. The Kier molecular flexibility index (Phi) is 5.14. The van der Waals surface area contributed by atoms with Gasteiger partial charge in [-0.05, 0) is 24.3 Å². The van der Waals surface area contributed by atoms with Gasteiger partial charge in [0, 0.05) is 17.2 Å². The molecule has 4 heteroatoms. The van der Waals surface area contributed by atoms with Crippen molar-refractivity contribution in [3.05, 3.63) is 94.2 Å². The van der Waals surface area contributed by atoms with Crippen LogP contribution in [0.15, 0.2) is 78.2 Å². The molecule has 0 spiro atoms. The van der Waals surface area contributed by atoms with Crippen molar-refractivity contribution in [1.29, 1.82) is 0 Å². The van der Waals surface area contributed by atoms with E-state index in [1.54, 1.807) is 11.3 Å². The molecule has 1 saturated carbocycles. The fraction of sp³-hybridized carbons (Fsp3) is 0.227. The second kappa shape index (κ2) is 7.85. The number of amides is 1. The van der Waals surface area contributed by atoms with Crippen LogP contribution in [0.25, 0.3) is 0 Å². The van der Waals surface area contributed by atoms with Gasteiger partial charge < -0.3 is 10.6 Å². The minimum absolute atomic E-state index is 0.103. The molecule has 1 heterocycles. The third-order valence-electron chi connectivity index (χ3n) is 4.76. The van der Waals surface area contributed by atoms with Crippen molar-refractivity contribution in [3.8, 4) is 0 Å². The van der Waals surface area contributed by atoms with Gasteiger partial charge >= 0.3 is 0 Å². The van der Waals surface area contributed by atoms with Crippen LogP contribution in [-0.4, -0.2) is 11.9 Å². The number of rotatable bonds is 7. The highest BCUT2D eigenvalue weighted by atomic mass is 32.1. The molecule has 3 N–H and O–H groups in total. The SMILES string of the molecule is O=C(NC1CC1)[C@@H]([NH2+][C@H](c1ccccc1)c1cccs1)c1ccccc1. The van der Waals surface area contributed by atoms with E-state index < -0.39 is 0 Å². The van der Waals surface area contributed by atoms with Gasteiger partial charge in [0.15, 0.2) is 6.04 Å². The summed E-state index contributed by atoms with van der Waals surface area (Å²) in [5.41, 5.74) is 2.26. The van der Waals surface area contributed by atoms with E-state index in [0.717, 1.165) is 18.4 Å². The van der Waals surface area contributed by atoms with Crippen LogP contribution in [0.1, 0.15) is 40.9 Å². The third-order valence-corrected chi connectivity index (χ3v) is 5.71. The molecule has 3 aromatic rings. The van der Waals surface area contributed by atoms with Crippen molar-refractivity contribution in [2.45, 2.75) is 31.0 Å². The van der Waals surface area contributed by atoms with Gasteiger partial charge in [0.05, 0.1) is 4.88 Å². The van der Waals surface area contributed by atoms with E-state index in [4.69, 9.17) is 0 Å². The van der Waals surface area contributed by atoms with Crippen molar-refractivity contribution in [1.82, 2.24) is 5.32 Å². The van der Waals surface area contributed by atoms with E-state index >= 15 is 0 Å². The molecule has 0 radical (unpaired) electrons. The van der Waals surface area contributed by atoms with Crippen LogP contribution < -0.4 is 10.6 Å². The summed E-state index contributed by atoms with van der Waals surface area (Å²) in [5, 5.41) is 7.49. The second-order valence-electron chi connectivity index (χ2n) is 6.77. The zero-order valence-corrected chi connectivity index (χ0v) is 15.4. The highest BCUT2D eigenvalue weighted by Crippen LogP contribution is 2.25. The Bertz CT molecular complexity index is 829. The van der Waals surface area contributed by atoms with E-state index in [1.165, 1.54) is 10.4 Å². The molecule has 1 aliphatic rings. The highest BCUT2D eigenvalue weighted by molar-refractivity contribution is 7.10. The molecule has 2 aromatic carbocycles. The molecule has 132 valence electrons. The molecule has 0 saturated heterocycles. The molecule has 1 amide bonds. The Morgan fingerprint density at radius 3 is 2.15 bits per heavy atom. The number of nitrogens with one attached hydrogen (secondary N) is 1. The zero-order valence-electron chi connectivity index (χ0n) is 14.5. The zero-order chi connectivity index (χ0) is 17.8. The van der Waals surface area contributed by atoms with Gasteiger partial charge in [0.1, 0.15) is 6.04 Å². The fourth-order valence-corrected chi connectivity index (χ4v) is 4.05. The van der Waals surface area contributed by atoms with Crippen molar-refractivity contribution < 1.29 is 10.1 Å². The summed E-state index contributed by atoms with van der Waals surface area (Å²) in [6.07, 6.45) is 2.20. The first-order chi connectivity index (χ1) is 12.8. The molecule has 1 fully saturated rings. The molecular weight excluding hydrogens is 340 g/mol. The fourth-order valence-electron chi connectivity index (χ4n) is 3.22. The molecule has 2 atom stereocenters. The van der Waals surface area contributed by atoms with E-state index in [2.05, 4.69) is 52.4 Å². The number of thiophene rings is 1. The van der Waals surface area contributed by atoms with Crippen molar-refractivity contribution >= 4 is 17.2 Å². The van der Waals surface area contributed by atoms with Gasteiger partial charge in [0.25, 0.3) is 5.91 Å². The van der Waals surface area contributed by atoms with Gasteiger partial charge in [0.2, 0.25) is 0 Å². The first-order valence-electron chi connectivity index (χ1n) is 9.10. The molecule has 3 nitrogen and oxygen atoms in total. The van der Waals surface area contributed by atoms with Crippen LogP contribution in [0.4, 0.5) is 0 Å². The lowest BCUT2D eigenvalue weighted by Crippen LogP contribution is -2.88. The Hall–Kier alpha value is -2.43. The van der Waals surface area contributed by atoms with Crippen LogP contribution in [0, 0.1) is 0 Å². The molecule has 1 aliphatic carbocycles. The smallest absolute Gasteiger partial charge is 0.283 e. The number of carbonyl (C=O) groups excluding carboxylic acids is 1. The van der Waals surface area contributed by atoms with Crippen LogP contribution in [0.3, 0.4) is 0 Å². The molecule has 1 aromatic heterocycles. The first-order valence-corrected chi connectivity index (χ1v) is 9.98. The van der Waals surface area contributed by atoms with Crippen LogP contribution >= 0.6 is 11.3 Å². The Morgan fingerprint density at radius 2 is 1.58 bits per heavy atom. The number of hydrogen-bond donors (Lipinski definition) is 2. The topological polar surface area (TPSA) is 45.7 Å². The molecule has 0 aliphatic heterocycles. The molecule has 0 unspecified atom stereocenters. The summed E-state index contributed by atoms with van der Waals surface area (Å²) in [6.45, 7) is 0. The summed E-state index contributed by atoms with van der Waals surface area (Å²) in [6, 6.07) is 25.0. The van der Waals surface area contributed by atoms with Gasteiger partial charge in [-0.25, -0.2) is 0 Å². The lowest BCUT2D eigenvalue weighted by atomic mass is 10.0. The minimum atomic E-state index is -0.260. The summed E-state index contributed by atoms with van der Waals surface area (Å²) in [5.74, 6) is 0.108. The number of carbonyl (C=O) groups is 1. The largest absolute Gasteiger partial charge is 0.348 e. The monoisotopic (exact) mass is 363 g/mol. The van der Waals surface area contributed by atoms with Crippen molar-refractivity contribution in [2.75, 3.05) is 0 Å². The standard InChI is InChI=1S/C22H22N2OS/c25-22(23-18-13-14-18)21(17-10-5-2-6-11-17)24-20(19-12-7-15-26-19)16-8-3-1-4-9-16/h1-12,15,18,20-21,24H,13-14H2,(H,23,25)/p+1/t20-,21+/m1/s1. The maximum absolute atomic E-state index is 13.0.